The lowest BCUT2D eigenvalue weighted by molar-refractivity contribution is 0.0682. The first kappa shape index (κ1) is 30.1. The lowest BCUT2D eigenvalue weighted by Crippen LogP contribution is -2.39. The number of fused-ring (bicyclic) bond motifs is 1. The van der Waals surface area contributed by atoms with E-state index in [4.69, 9.17) is 5.10 Å². The number of para-hydroxylation sites is 1. The molecule has 0 atom stereocenters. The molecule has 4 heterocycles. The number of hydrogen-bond acceptors (Lipinski definition) is 4. The number of nitrogens with zero attached hydrogens (tertiary/aromatic N) is 5. The number of anilines is 2. The molecule has 6 rings (SSSR count). The summed E-state index contributed by atoms with van der Waals surface area (Å²) in [6, 6.07) is 23.4. The van der Waals surface area contributed by atoms with E-state index >= 15 is 0 Å². The van der Waals surface area contributed by atoms with Gasteiger partial charge in [0.2, 0.25) is 0 Å². The van der Waals surface area contributed by atoms with E-state index in [0.29, 0.717) is 30.5 Å². The number of imidazole rings is 1. The van der Waals surface area contributed by atoms with Crippen molar-refractivity contribution in [2.24, 2.45) is 5.92 Å². The number of hydrogen-bond donors (Lipinski definition) is 2. The van der Waals surface area contributed by atoms with Crippen molar-refractivity contribution in [3.8, 4) is 5.69 Å². The van der Waals surface area contributed by atoms with Crippen molar-refractivity contribution in [1.82, 2.24) is 24.1 Å². The van der Waals surface area contributed by atoms with Crippen LogP contribution in [0.5, 0.6) is 0 Å². The first-order chi connectivity index (χ1) is 21.6. The summed E-state index contributed by atoms with van der Waals surface area (Å²) < 4.78 is 3.67. The molecule has 232 valence electrons. The van der Waals surface area contributed by atoms with Gasteiger partial charge in [-0.3, -0.25) is 14.5 Å². The Morgan fingerprint density at radius 2 is 1.62 bits per heavy atom. The van der Waals surface area contributed by atoms with Crippen LogP contribution in [0, 0.1) is 19.8 Å². The molecule has 0 spiro atoms. The van der Waals surface area contributed by atoms with Gasteiger partial charge in [0.15, 0.2) is 0 Å². The number of aromatic nitrogens is 4. The molecule has 1 aliphatic rings. The van der Waals surface area contributed by atoms with Crippen LogP contribution in [0.3, 0.4) is 0 Å². The van der Waals surface area contributed by atoms with Gasteiger partial charge in [-0.1, -0.05) is 62.7 Å². The van der Waals surface area contributed by atoms with E-state index in [1.165, 1.54) is 0 Å². The van der Waals surface area contributed by atoms with E-state index in [1.54, 1.807) is 4.68 Å². The van der Waals surface area contributed by atoms with Crippen LogP contribution in [-0.2, 0) is 11.8 Å². The third-order valence-electron chi connectivity index (χ3n) is 8.58. The average molecular weight is 604 g/mol. The summed E-state index contributed by atoms with van der Waals surface area (Å²) in [6.07, 6.45) is 4.51. The number of piperidine rings is 1. The number of carbonyl (C=O) groups is 2. The average Bonchev–Trinajstić information content (AvgIpc) is 3.59. The number of rotatable bonds is 6. The number of carbonyl (C=O) groups excluding carboxylic acids is 2. The lowest BCUT2D eigenvalue weighted by Gasteiger charge is -2.32. The minimum absolute atomic E-state index is 0.0304. The zero-order chi connectivity index (χ0) is 31.7. The van der Waals surface area contributed by atoms with Crippen LogP contribution in [-0.4, -0.2) is 49.1 Å². The Bertz CT molecular complexity index is 1840. The number of urea groups is 1. The molecule has 1 aliphatic heterocycles. The van der Waals surface area contributed by atoms with Crippen LogP contribution in [0.1, 0.15) is 66.6 Å². The van der Waals surface area contributed by atoms with Crippen LogP contribution in [0.15, 0.2) is 79.0 Å². The molecule has 0 radical (unpaired) electrons. The second-order valence-corrected chi connectivity index (χ2v) is 13.1. The summed E-state index contributed by atoms with van der Waals surface area (Å²) in [5, 5.41) is 11.0. The molecular formula is C36H41N7O2. The van der Waals surface area contributed by atoms with Crippen molar-refractivity contribution in [1.29, 1.82) is 0 Å². The number of likely N-dealkylation sites (tertiary alicyclic amines) is 1. The summed E-state index contributed by atoms with van der Waals surface area (Å²) in [5.74, 6) is 1.04. The molecular weight excluding hydrogens is 562 g/mol. The highest BCUT2D eigenvalue weighted by Gasteiger charge is 2.28. The zero-order valence-electron chi connectivity index (χ0n) is 26.7. The summed E-state index contributed by atoms with van der Waals surface area (Å²) in [6.45, 7) is 11.6. The Hall–Kier alpha value is -4.92. The quantitative estimate of drug-likeness (QED) is 0.215. The van der Waals surface area contributed by atoms with Crippen LogP contribution in [0.2, 0.25) is 0 Å². The Labute approximate surface area is 264 Å². The third kappa shape index (κ3) is 6.48. The van der Waals surface area contributed by atoms with E-state index in [9.17, 15) is 9.59 Å². The van der Waals surface area contributed by atoms with Crippen molar-refractivity contribution in [2.75, 3.05) is 23.7 Å². The van der Waals surface area contributed by atoms with Crippen LogP contribution >= 0.6 is 0 Å². The fourth-order valence-electron chi connectivity index (χ4n) is 5.98. The molecule has 45 heavy (non-hydrogen) atoms. The molecule has 2 N–H and O–H groups in total. The molecule has 1 saturated heterocycles. The van der Waals surface area contributed by atoms with E-state index in [0.717, 1.165) is 58.8 Å². The van der Waals surface area contributed by atoms with Crippen molar-refractivity contribution >= 4 is 29.1 Å². The first-order valence-corrected chi connectivity index (χ1v) is 15.6. The maximum Gasteiger partial charge on any atom is 0.324 e. The molecule has 9 heteroatoms. The Balaban J connectivity index is 1.12. The molecule has 9 nitrogen and oxygen atoms in total. The highest BCUT2D eigenvalue weighted by Crippen LogP contribution is 2.29. The molecule has 0 unspecified atom stereocenters. The maximum absolute atomic E-state index is 13.5. The van der Waals surface area contributed by atoms with E-state index in [-0.39, 0.29) is 17.4 Å². The number of amides is 3. The molecule has 1 fully saturated rings. The third-order valence-corrected chi connectivity index (χ3v) is 8.58. The Morgan fingerprint density at radius 1 is 0.911 bits per heavy atom. The van der Waals surface area contributed by atoms with Crippen LogP contribution in [0.4, 0.5) is 16.3 Å². The molecule has 5 aromatic rings. The predicted molar refractivity (Wildman–Crippen MR) is 178 cm³/mol. The highest BCUT2D eigenvalue weighted by atomic mass is 16.2. The van der Waals surface area contributed by atoms with Crippen molar-refractivity contribution in [2.45, 2.75) is 59.3 Å². The topological polar surface area (TPSA) is 96.6 Å². The number of aryl methyl sites for hydroxylation is 2. The predicted octanol–water partition coefficient (Wildman–Crippen LogP) is 7.17. The summed E-state index contributed by atoms with van der Waals surface area (Å²) in [7, 11) is 0. The van der Waals surface area contributed by atoms with Gasteiger partial charge in [0.05, 0.1) is 17.1 Å². The second kappa shape index (κ2) is 12.2. The van der Waals surface area contributed by atoms with Gasteiger partial charge in [-0.05, 0) is 74.9 Å². The Morgan fingerprint density at radius 3 is 2.36 bits per heavy atom. The molecule has 0 saturated carbocycles. The smallest absolute Gasteiger partial charge is 0.324 e. The number of nitrogens with one attached hydrogen (secondary N) is 2. The van der Waals surface area contributed by atoms with Crippen LogP contribution < -0.4 is 10.6 Å². The van der Waals surface area contributed by atoms with E-state index in [2.05, 4.69) is 42.5 Å². The van der Waals surface area contributed by atoms with Crippen molar-refractivity contribution in [3.05, 3.63) is 107 Å². The molecule has 2 aromatic carbocycles. The molecule has 0 aliphatic carbocycles. The second-order valence-electron chi connectivity index (χ2n) is 13.1. The summed E-state index contributed by atoms with van der Waals surface area (Å²) >= 11 is 0. The molecule has 0 bridgehead atoms. The van der Waals surface area contributed by atoms with Gasteiger partial charge in [-0.25, -0.2) is 14.5 Å². The van der Waals surface area contributed by atoms with Gasteiger partial charge >= 0.3 is 6.03 Å². The van der Waals surface area contributed by atoms with Gasteiger partial charge in [0.1, 0.15) is 17.2 Å². The van der Waals surface area contributed by atoms with E-state index < -0.39 is 0 Å². The van der Waals surface area contributed by atoms with Crippen molar-refractivity contribution in [3.63, 3.8) is 0 Å². The summed E-state index contributed by atoms with van der Waals surface area (Å²) in [4.78, 5) is 33.3. The van der Waals surface area contributed by atoms with E-state index in [1.807, 2.05) is 96.1 Å². The lowest BCUT2D eigenvalue weighted by atomic mass is 9.89. The highest BCUT2D eigenvalue weighted by molar-refractivity contribution is 6.00. The Kier molecular flexibility index (Phi) is 8.18. The van der Waals surface area contributed by atoms with Crippen molar-refractivity contribution < 1.29 is 9.59 Å². The summed E-state index contributed by atoms with van der Waals surface area (Å²) in [5.41, 5.74) is 6.80. The molecule has 3 aromatic heterocycles. The first-order valence-electron chi connectivity index (χ1n) is 15.6. The van der Waals surface area contributed by atoms with Gasteiger partial charge < -0.3 is 10.2 Å². The SMILES string of the molecule is Cc1ccc(-n2nc(C(C)(C)C)cc2NC(=O)Nc2ccccc2CC2CCN(C(=O)c3c(C)nc4ccccn34)CC2)cc1. The fraction of sp³-hybridized carbons (Fsp3) is 0.333. The monoisotopic (exact) mass is 603 g/mol. The van der Waals surface area contributed by atoms with Crippen LogP contribution in [0.25, 0.3) is 11.3 Å². The normalized spacial score (nSPS) is 14.1. The minimum Gasteiger partial charge on any atom is -0.337 e. The van der Waals surface area contributed by atoms with Gasteiger partial charge in [-0.15, -0.1) is 0 Å². The zero-order valence-corrected chi connectivity index (χ0v) is 26.7. The maximum atomic E-state index is 13.5. The number of pyridine rings is 1. The molecule has 3 amide bonds. The minimum atomic E-state index is -0.319. The van der Waals surface area contributed by atoms with Gasteiger partial charge in [-0.2, -0.15) is 5.10 Å². The largest absolute Gasteiger partial charge is 0.337 e. The van der Waals surface area contributed by atoms with Gasteiger partial charge in [0, 0.05) is 36.5 Å². The number of benzene rings is 2. The standard InChI is InChI=1S/C36H41N7O2/c1-24-13-15-28(16-14-24)43-32(23-30(40-43)36(3,4)5)39-35(45)38-29-11-7-6-10-27(29)22-26-17-20-41(21-18-26)34(44)33-25(2)37-31-12-8-9-19-42(31)33/h6-16,19,23,26H,17-18,20-22H2,1-5H3,(H2,38,39,45). The van der Waals surface area contributed by atoms with Gasteiger partial charge in [0.25, 0.3) is 5.91 Å². The fourth-order valence-corrected chi connectivity index (χ4v) is 5.98.